The van der Waals surface area contributed by atoms with Gasteiger partial charge >= 0.3 is 0 Å². The van der Waals surface area contributed by atoms with Crippen molar-refractivity contribution >= 4 is 9.84 Å². The lowest BCUT2D eigenvalue weighted by Crippen LogP contribution is -1.95. The maximum atomic E-state index is 10.4. The molecule has 1 aliphatic rings. The summed E-state index contributed by atoms with van der Waals surface area (Å²) in [5.74, 6) is -0.602. The number of rotatable bonds is 0. The first-order chi connectivity index (χ1) is 4.04. The molecule has 0 bridgehead atoms. The van der Waals surface area contributed by atoms with E-state index in [1.165, 1.54) is 0 Å². The zero-order chi connectivity index (χ0) is 7.07. The predicted octanol–water partition coefficient (Wildman–Crippen LogP) is 0.214. The van der Waals surface area contributed by atoms with Crippen LogP contribution in [-0.2, 0) is 9.84 Å². The van der Waals surface area contributed by atoms with Gasteiger partial charge in [0, 0.05) is 5.41 Å². The van der Waals surface area contributed by atoms with Crippen LogP contribution in [0.3, 0.4) is 0 Å². The summed E-state index contributed by atoms with van der Waals surface area (Å²) in [6.07, 6.45) is 0.921. The Balaban J connectivity index is 3.34. The zero-order valence-electron chi connectivity index (χ0n) is 4.27. The van der Waals surface area contributed by atoms with Crippen molar-refractivity contribution in [1.82, 2.24) is 0 Å². The van der Waals surface area contributed by atoms with Gasteiger partial charge in [0.05, 0.1) is 0 Å². The van der Waals surface area contributed by atoms with Crippen LogP contribution in [0.15, 0.2) is 22.3 Å². The van der Waals surface area contributed by atoms with E-state index < -0.39 is 20.7 Å². The van der Waals surface area contributed by atoms with Crippen molar-refractivity contribution in [3.8, 4) is 0 Å². The van der Waals surface area contributed by atoms with E-state index in [0.29, 0.717) is 0 Å². The van der Waals surface area contributed by atoms with Crippen molar-refractivity contribution in [2.24, 2.45) is 0 Å². The van der Waals surface area contributed by atoms with Crippen LogP contribution in [0.4, 0.5) is 0 Å². The second-order valence-electron chi connectivity index (χ2n) is 1.54. The van der Waals surface area contributed by atoms with Gasteiger partial charge in [-0.05, 0) is 6.08 Å². The van der Waals surface area contributed by atoms with E-state index in [-0.39, 0.29) is 0 Å². The van der Waals surface area contributed by atoms with Gasteiger partial charge in [-0.3, -0.25) is 0 Å². The Kier molecular flexibility index (Phi) is 1.03. The molecule has 0 fully saturated rings. The van der Waals surface area contributed by atoms with Crippen LogP contribution in [0.2, 0.25) is 0 Å². The van der Waals surface area contributed by atoms with Gasteiger partial charge in [0.1, 0.15) is 0 Å². The Morgan fingerprint density at radius 3 is 2.00 bits per heavy atom. The Morgan fingerprint density at radius 1 is 1.33 bits per heavy atom. The number of hydrogen-bond acceptors (Lipinski definition) is 4. The summed E-state index contributed by atoms with van der Waals surface area (Å²) in [6, 6.07) is 0. The topological polar surface area (TPSA) is 74.6 Å². The fraction of sp³-hybridized carbons (Fsp3) is 0. The third-order valence-electron chi connectivity index (χ3n) is 0.894. The molecule has 1 aliphatic heterocycles. The minimum atomic E-state index is -3.67. The first-order valence-corrected chi connectivity index (χ1v) is 3.64. The number of aliphatic hydroxyl groups is 2. The van der Waals surface area contributed by atoms with E-state index in [1.54, 1.807) is 0 Å². The third kappa shape index (κ3) is 0.787. The lowest BCUT2D eigenvalue weighted by atomic mass is 10.5. The first kappa shape index (κ1) is 6.15. The monoisotopic (exact) mass is 148 g/mol. The van der Waals surface area contributed by atoms with Crippen molar-refractivity contribution in [2.75, 3.05) is 0 Å². The second kappa shape index (κ2) is 1.51. The normalized spacial score (nSPS) is 23.1. The molecular formula is C4H4O4S. The van der Waals surface area contributed by atoms with Crippen LogP contribution in [0.25, 0.3) is 0 Å². The molecule has 0 aromatic rings. The summed E-state index contributed by atoms with van der Waals surface area (Å²) in [6.45, 7) is 0. The molecule has 0 saturated heterocycles. The smallest absolute Gasteiger partial charge is 0.256 e. The molecule has 4 nitrogen and oxygen atoms in total. The molecule has 1 heterocycles. The zero-order valence-corrected chi connectivity index (χ0v) is 5.09. The molecule has 0 aromatic heterocycles. The van der Waals surface area contributed by atoms with Crippen LogP contribution in [0, 0.1) is 0 Å². The number of sulfone groups is 1. The number of hydrogen-bond donors (Lipinski definition) is 2. The molecule has 1 rings (SSSR count). The van der Waals surface area contributed by atoms with Crippen LogP contribution < -0.4 is 0 Å². The van der Waals surface area contributed by atoms with Crippen LogP contribution >= 0.6 is 0 Å². The molecule has 0 radical (unpaired) electrons. The fourth-order valence-corrected chi connectivity index (χ4v) is 1.23. The fourth-order valence-electron chi connectivity index (χ4n) is 0.436. The summed E-state index contributed by atoms with van der Waals surface area (Å²) in [5.41, 5.74) is 0. The summed E-state index contributed by atoms with van der Waals surface area (Å²) in [4.78, 5) is 0. The molecule has 9 heavy (non-hydrogen) atoms. The van der Waals surface area contributed by atoms with Gasteiger partial charge < -0.3 is 10.2 Å². The number of allylic oxidation sites excluding steroid dienone is 1. The minimum Gasteiger partial charge on any atom is -0.504 e. The molecule has 0 atom stereocenters. The maximum absolute atomic E-state index is 10.4. The van der Waals surface area contributed by atoms with Crippen LogP contribution in [0.1, 0.15) is 0 Å². The van der Waals surface area contributed by atoms with Gasteiger partial charge in [0.15, 0.2) is 5.76 Å². The predicted molar refractivity (Wildman–Crippen MR) is 30.3 cm³/mol. The van der Waals surface area contributed by atoms with Gasteiger partial charge in [0.2, 0.25) is 9.84 Å². The quantitative estimate of drug-likeness (QED) is 0.515. The molecule has 0 saturated carbocycles. The molecule has 50 valence electrons. The molecule has 2 N–H and O–H groups in total. The molecule has 0 amide bonds. The first-order valence-electron chi connectivity index (χ1n) is 2.09. The highest BCUT2D eigenvalue weighted by Crippen LogP contribution is 2.17. The summed E-state index contributed by atoms with van der Waals surface area (Å²) >= 11 is 0. The minimum absolute atomic E-state index is 0.602. The molecule has 0 unspecified atom stereocenters. The van der Waals surface area contributed by atoms with Gasteiger partial charge in [-0.1, -0.05) is 0 Å². The molecule has 0 spiro atoms. The van der Waals surface area contributed by atoms with E-state index >= 15 is 0 Å². The van der Waals surface area contributed by atoms with Gasteiger partial charge in [-0.15, -0.1) is 0 Å². The van der Waals surface area contributed by atoms with E-state index in [1.807, 2.05) is 0 Å². The average molecular weight is 148 g/mol. The van der Waals surface area contributed by atoms with Gasteiger partial charge in [-0.2, -0.15) is 0 Å². The highest BCUT2D eigenvalue weighted by molar-refractivity contribution is 7.98. The van der Waals surface area contributed by atoms with Crippen molar-refractivity contribution in [1.29, 1.82) is 0 Å². The maximum Gasteiger partial charge on any atom is 0.256 e. The van der Waals surface area contributed by atoms with Crippen LogP contribution in [-0.4, -0.2) is 18.6 Å². The number of aliphatic hydroxyl groups excluding tert-OH is 2. The summed E-state index contributed by atoms with van der Waals surface area (Å²) < 4.78 is 20.8. The standard InChI is InChI=1S/C4H4O4S/c5-3-1-2-9(7,8)4(3)6/h1-2,5-6H. The Labute approximate surface area is 51.7 Å². The van der Waals surface area contributed by atoms with Crippen LogP contribution in [0.5, 0.6) is 0 Å². The van der Waals surface area contributed by atoms with Crippen molar-refractivity contribution in [3.63, 3.8) is 0 Å². The lowest BCUT2D eigenvalue weighted by molar-refractivity contribution is 0.364. The molecule has 0 aliphatic carbocycles. The highest BCUT2D eigenvalue weighted by Gasteiger charge is 2.22. The van der Waals surface area contributed by atoms with Gasteiger partial charge in [-0.25, -0.2) is 8.42 Å². The van der Waals surface area contributed by atoms with Crippen molar-refractivity contribution in [2.45, 2.75) is 0 Å². The molecule has 0 aromatic carbocycles. The largest absolute Gasteiger partial charge is 0.504 e. The SMILES string of the molecule is O=S1(=O)C=CC(O)=C1O. The summed E-state index contributed by atoms with van der Waals surface area (Å²) in [7, 11) is -3.67. The Hall–Kier alpha value is -0.970. The third-order valence-corrected chi connectivity index (χ3v) is 2.14. The average Bonchev–Trinajstić information content (AvgIpc) is 1.97. The van der Waals surface area contributed by atoms with Crippen molar-refractivity contribution < 1.29 is 18.6 Å². The Morgan fingerprint density at radius 2 is 1.89 bits per heavy atom. The van der Waals surface area contributed by atoms with E-state index in [4.69, 9.17) is 10.2 Å². The van der Waals surface area contributed by atoms with E-state index in [9.17, 15) is 8.42 Å². The second-order valence-corrected chi connectivity index (χ2v) is 3.29. The highest BCUT2D eigenvalue weighted by atomic mass is 32.2. The van der Waals surface area contributed by atoms with E-state index in [2.05, 4.69) is 0 Å². The van der Waals surface area contributed by atoms with Crippen molar-refractivity contribution in [3.05, 3.63) is 22.3 Å². The lowest BCUT2D eigenvalue weighted by Gasteiger charge is -1.88. The Bertz CT molecular complexity index is 282. The van der Waals surface area contributed by atoms with Gasteiger partial charge in [0.25, 0.3) is 5.09 Å². The summed E-state index contributed by atoms with van der Waals surface area (Å²) in [5, 5.41) is 16.8. The van der Waals surface area contributed by atoms with E-state index in [0.717, 1.165) is 11.5 Å². The molecule has 5 heteroatoms. The molecular weight excluding hydrogens is 144 g/mol.